The summed E-state index contributed by atoms with van der Waals surface area (Å²) in [6, 6.07) is 9.48. The number of ether oxygens (including phenoxy) is 1. The van der Waals surface area contributed by atoms with Crippen LogP contribution in [0.4, 0.5) is 0 Å². The molecule has 1 heterocycles. The van der Waals surface area contributed by atoms with Crippen molar-refractivity contribution in [1.29, 1.82) is 0 Å². The molecular weight excluding hydrogens is 385 g/mol. The first kappa shape index (κ1) is 17.8. The lowest BCUT2D eigenvalue weighted by molar-refractivity contribution is 0.398. The third kappa shape index (κ3) is 3.38. The Bertz CT molecular complexity index is 1070. The fourth-order valence-corrected chi connectivity index (χ4v) is 4.06. The molecule has 0 radical (unpaired) electrons. The number of nitrogens with zero attached hydrogens (tertiary/aromatic N) is 1. The molecule has 25 heavy (non-hydrogen) atoms. The quantitative estimate of drug-likeness (QED) is 0.600. The van der Waals surface area contributed by atoms with E-state index in [0.717, 1.165) is 5.56 Å². The van der Waals surface area contributed by atoms with E-state index in [9.17, 15) is 8.42 Å². The van der Waals surface area contributed by atoms with Gasteiger partial charge in [0.25, 0.3) is 0 Å². The number of aromatic nitrogens is 1. The van der Waals surface area contributed by atoms with Crippen LogP contribution in [0.15, 0.2) is 47.5 Å². The zero-order valence-electron chi connectivity index (χ0n) is 13.3. The number of halogens is 2. The van der Waals surface area contributed by atoms with Gasteiger partial charge in [0.2, 0.25) is 0 Å². The average molecular weight is 398 g/mol. The molecular formula is C17H13Cl2NO4S. The SMILES string of the molecule is COc1cc(C)ccc1S(=O)(=O)Oc1c(Cl)cc(Cl)c2cccnc12. The van der Waals surface area contributed by atoms with Gasteiger partial charge in [-0.1, -0.05) is 29.3 Å². The molecule has 0 saturated heterocycles. The molecule has 0 spiro atoms. The monoisotopic (exact) mass is 397 g/mol. The second-order valence-corrected chi connectivity index (χ2v) is 7.59. The highest BCUT2D eigenvalue weighted by atomic mass is 35.5. The number of hydrogen-bond donors (Lipinski definition) is 0. The fourth-order valence-electron chi connectivity index (χ4n) is 2.36. The van der Waals surface area contributed by atoms with Gasteiger partial charge in [0.05, 0.1) is 17.2 Å². The Morgan fingerprint density at radius 2 is 1.84 bits per heavy atom. The molecule has 0 aliphatic rings. The second-order valence-electron chi connectivity index (χ2n) is 5.26. The Hall–Kier alpha value is -2.02. The summed E-state index contributed by atoms with van der Waals surface area (Å²) in [4.78, 5) is 4.05. The van der Waals surface area contributed by atoms with E-state index in [1.165, 1.54) is 25.4 Å². The van der Waals surface area contributed by atoms with Gasteiger partial charge in [-0.15, -0.1) is 0 Å². The van der Waals surface area contributed by atoms with Gasteiger partial charge >= 0.3 is 10.1 Å². The van der Waals surface area contributed by atoms with Crippen molar-refractivity contribution in [3.05, 3.63) is 58.2 Å². The Kier molecular flexibility index (Phi) is 4.77. The van der Waals surface area contributed by atoms with Crippen molar-refractivity contribution in [2.75, 3.05) is 7.11 Å². The van der Waals surface area contributed by atoms with E-state index in [-0.39, 0.29) is 26.9 Å². The maximum Gasteiger partial charge on any atom is 0.343 e. The van der Waals surface area contributed by atoms with E-state index in [1.54, 1.807) is 24.3 Å². The molecule has 0 unspecified atom stereocenters. The molecule has 3 rings (SSSR count). The normalized spacial score (nSPS) is 11.5. The lowest BCUT2D eigenvalue weighted by Gasteiger charge is -2.14. The van der Waals surface area contributed by atoms with Crippen molar-refractivity contribution in [1.82, 2.24) is 4.98 Å². The topological polar surface area (TPSA) is 65.5 Å². The van der Waals surface area contributed by atoms with Crippen LogP contribution in [0.3, 0.4) is 0 Å². The predicted molar refractivity (Wildman–Crippen MR) is 97.3 cm³/mol. The van der Waals surface area contributed by atoms with Crippen molar-refractivity contribution < 1.29 is 17.3 Å². The molecule has 0 bridgehead atoms. The van der Waals surface area contributed by atoms with Gasteiger partial charge in [-0.2, -0.15) is 8.42 Å². The van der Waals surface area contributed by atoms with Gasteiger partial charge in [0.1, 0.15) is 16.2 Å². The van der Waals surface area contributed by atoms with Crippen LogP contribution in [-0.4, -0.2) is 20.5 Å². The van der Waals surface area contributed by atoms with E-state index in [1.807, 2.05) is 6.92 Å². The number of pyridine rings is 1. The van der Waals surface area contributed by atoms with E-state index in [4.69, 9.17) is 32.1 Å². The third-order valence-corrected chi connectivity index (χ3v) is 5.39. The van der Waals surface area contributed by atoms with Gasteiger partial charge in [0, 0.05) is 11.6 Å². The van der Waals surface area contributed by atoms with Crippen LogP contribution in [0.1, 0.15) is 5.56 Å². The van der Waals surface area contributed by atoms with Gasteiger partial charge in [-0.3, -0.25) is 4.98 Å². The minimum absolute atomic E-state index is 0.0471. The van der Waals surface area contributed by atoms with E-state index < -0.39 is 10.1 Å². The average Bonchev–Trinajstić information content (AvgIpc) is 2.58. The molecule has 0 aliphatic carbocycles. The summed E-state index contributed by atoms with van der Waals surface area (Å²) in [5, 5.41) is 0.936. The molecule has 8 heteroatoms. The summed E-state index contributed by atoms with van der Waals surface area (Å²) in [5.41, 5.74) is 1.11. The zero-order chi connectivity index (χ0) is 18.2. The summed E-state index contributed by atoms with van der Waals surface area (Å²) in [6.07, 6.45) is 1.50. The van der Waals surface area contributed by atoms with Gasteiger partial charge in [-0.25, -0.2) is 0 Å². The molecule has 0 amide bonds. The summed E-state index contributed by atoms with van der Waals surface area (Å²) >= 11 is 12.3. The number of aryl methyl sites for hydroxylation is 1. The van der Waals surface area contributed by atoms with Crippen LogP contribution < -0.4 is 8.92 Å². The largest absolute Gasteiger partial charge is 0.495 e. The minimum atomic E-state index is -4.19. The predicted octanol–water partition coefficient (Wildman–Crippen LogP) is 4.63. The molecule has 0 fully saturated rings. The molecule has 2 aromatic carbocycles. The summed E-state index contributed by atoms with van der Waals surface area (Å²) in [7, 11) is -2.80. The summed E-state index contributed by atoms with van der Waals surface area (Å²) in [5.74, 6) is 0.103. The molecule has 0 saturated carbocycles. The van der Waals surface area contributed by atoms with Crippen molar-refractivity contribution in [3.63, 3.8) is 0 Å². The van der Waals surface area contributed by atoms with E-state index in [2.05, 4.69) is 4.98 Å². The molecule has 0 atom stereocenters. The standard InChI is InChI=1S/C17H13Cl2NO4S/c1-10-5-6-15(14(8-10)23-2)25(21,22)24-17-13(19)9-12(18)11-4-3-7-20-16(11)17/h3-9H,1-2H3. The molecule has 130 valence electrons. The highest BCUT2D eigenvalue weighted by Crippen LogP contribution is 2.39. The number of methoxy groups -OCH3 is 1. The van der Waals surface area contributed by atoms with E-state index in [0.29, 0.717) is 10.4 Å². The van der Waals surface area contributed by atoms with Gasteiger partial charge in [0.15, 0.2) is 5.75 Å². The lowest BCUT2D eigenvalue weighted by atomic mass is 10.2. The Balaban J connectivity index is 2.16. The molecule has 5 nitrogen and oxygen atoms in total. The number of rotatable bonds is 4. The summed E-state index contributed by atoms with van der Waals surface area (Å²) in [6.45, 7) is 1.83. The molecule has 0 aliphatic heterocycles. The zero-order valence-corrected chi connectivity index (χ0v) is 15.6. The van der Waals surface area contributed by atoms with Crippen LogP contribution in [0.2, 0.25) is 10.0 Å². The molecule has 1 aromatic heterocycles. The first-order chi connectivity index (χ1) is 11.8. The van der Waals surface area contributed by atoms with E-state index >= 15 is 0 Å². The maximum absolute atomic E-state index is 12.8. The smallest absolute Gasteiger partial charge is 0.343 e. The Labute approximate surface area is 155 Å². The van der Waals surface area contributed by atoms with Crippen LogP contribution in [0.25, 0.3) is 10.9 Å². The maximum atomic E-state index is 12.8. The third-order valence-electron chi connectivity index (χ3n) is 3.53. The summed E-state index contributed by atoms with van der Waals surface area (Å²) < 4.78 is 36.0. The van der Waals surface area contributed by atoms with Crippen LogP contribution >= 0.6 is 23.2 Å². The fraction of sp³-hybridized carbons (Fsp3) is 0.118. The number of benzene rings is 2. The minimum Gasteiger partial charge on any atom is -0.495 e. The van der Waals surface area contributed by atoms with Crippen LogP contribution in [0, 0.1) is 6.92 Å². The second kappa shape index (κ2) is 6.71. The van der Waals surface area contributed by atoms with Crippen LogP contribution in [-0.2, 0) is 10.1 Å². The van der Waals surface area contributed by atoms with Crippen molar-refractivity contribution in [2.45, 2.75) is 11.8 Å². The first-order valence-corrected chi connectivity index (χ1v) is 9.32. The molecule has 0 N–H and O–H groups in total. The Morgan fingerprint density at radius 1 is 1.08 bits per heavy atom. The lowest BCUT2D eigenvalue weighted by Crippen LogP contribution is -2.12. The molecule has 3 aromatic rings. The van der Waals surface area contributed by atoms with Crippen LogP contribution in [0.5, 0.6) is 11.5 Å². The first-order valence-electron chi connectivity index (χ1n) is 7.15. The highest BCUT2D eigenvalue weighted by Gasteiger charge is 2.25. The van der Waals surface area contributed by atoms with Gasteiger partial charge in [-0.05, 0) is 42.8 Å². The Morgan fingerprint density at radius 3 is 2.56 bits per heavy atom. The van der Waals surface area contributed by atoms with Gasteiger partial charge < -0.3 is 8.92 Å². The number of fused-ring (bicyclic) bond motifs is 1. The van der Waals surface area contributed by atoms with Crippen molar-refractivity contribution in [3.8, 4) is 11.5 Å². The van der Waals surface area contributed by atoms with Crippen molar-refractivity contribution >= 4 is 44.2 Å². The number of hydrogen-bond acceptors (Lipinski definition) is 5. The van der Waals surface area contributed by atoms with Crippen molar-refractivity contribution in [2.24, 2.45) is 0 Å². The highest BCUT2D eigenvalue weighted by molar-refractivity contribution is 7.87.